The van der Waals surface area contributed by atoms with Gasteiger partial charge >= 0.3 is 0 Å². The highest BCUT2D eigenvalue weighted by Crippen LogP contribution is 2.41. The van der Waals surface area contributed by atoms with Gasteiger partial charge in [0.15, 0.2) is 0 Å². The number of hydrogen-bond acceptors (Lipinski definition) is 18. The molecular formula is C44H36Br2N8O14S2. The maximum atomic E-state index is 13.4. The minimum atomic E-state index is -5.09. The highest BCUT2D eigenvalue weighted by atomic mass is 79.9. The van der Waals surface area contributed by atoms with Crippen LogP contribution < -0.4 is 21.8 Å². The highest BCUT2D eigenvalue weighted by Gasteiger charge is 2.28. The van der Waals surface area contributed by atoms with Gasteiger partial charge in [-0.2, -0.15) is 18.6 Å². The van der Waals surface area contributed by atoms with Gasteiger partial charge in [-0.05, 0) is 106 Å². The van der Waals surface area contributed by atoms with E-state index in [-0.39, 0.29) is 74.1 Å². The number of hydrogen-bond donors (Lipinski definition) is 6. The van der Waals surface area contributed by atoms with Crippen LogP contribution in [0.4, 0.5) is 22.7 Å². The number of rotatable bonds is 15. The molecule has 0 aliphatic rings. The first kappa shape index (κ1) is 52.3. The summed E-state index contributed by atoms with van der Waals surface area (Å²) in [5, 5.41) is 55.5. The molecule has 26 heteroatoms. The molecule has 6 aromatic rings. The van der Waals surface area contributed by atoms with Gasteiger partial charge in [-0.1, -0.05) is 49.0 Å². The normalized spacial score (nSPS) is 11.6. The zero-order valence-corrected chi connectivity index (χ0v) is 41.4. The van der Waals surface area contributed by atoms with E-state index in [1.165, 1.54) is 82.3 Å². The van der Waals surface area contributed by atoms with Crippen molar-refractivity contribution in [2.75, 3.05) is 0 Å². The number of imide groups is 2. The van der Waals surface area contributed by atoms with Gasteiger partial charge in [0.1, 0.15) is 27.4 Å². The van der Waals surface area contributed by atoms with Gasteiger partial charge in [-0.15, -0.1) is 14.6 Å². The third-order valence-electron chi connectivity index (χ3n) is 10.3. The Kier molecular flexibility index (Phi) is 16.6. The van der Waals surface area contributed by atoms with E-state index in [2.05, 4.69) is 72.3 Å². The van der Waals surface area contributed by atoms with Crippen LogP contribution in [0.2, 0.25) is 0 Å². The summed E-state index contributed by atoms with van der Waals surface area (Å²) in [7, 11) is -5.09. The van der Waals surface area contributed by atoms with E-state index in [9.17, 15) is 52.0 Å². The number of carbonyl (C=O) groups is 4. The molecule has 6 rings (SSSR count). The Hall–Kier alpha value is -7.04. The van der Waals surface area contributed by atoms with Gasteiger partial charge in [0.2, 0.25) is 11.8 Å². The molecule has 0 aliphatic carbocycles. The number of benzene rings is 4. The molecule has 2 aromatic heterocycles. The van der Waals surface area contributed by atoms with Crippen LogP contribution in [0.5, 0.6) is 11.8 Å². The molecule has 0 aliphatic heterocycles. The molecule has 0 spiro atoms. The summed E-state index contributed by atoms with van der Waals surface area (Å²) in [6.45, 7) is 5.34. The molecule has 0 fully saturated rings. The summed E-state index contributed by atoms with van der Waals surface area (Å²) in [6, 6.07) is 19.4. The number of carbonyl (C=O) groups excluding carboxylic acids is 4. The Morgan fingerprint density at radius 3 is 1.46 bits per heavy atom. The Morgan fingerprint density at radius 2 is 1.06 bits per heavy atom. The largest absolute Gasteiger partial charge is 0.493 e. The molecule has 2 heterocycles. The predicted molar refractivity (Wildman–Crippen MR) is 258 cm³/mol. The lowest BCUT2D eigenvalue weighted by molar-refractivity contribution is -0.432. The highest BCUT2D eigenvalue weighted by molar-refractivity contribution is 9.10. The average Bonchev–Trinajstić information content (AvgIpc) is 3.31. The fraction of sp³-hybridized carbons (Fsp3) is 0.136. The maximum absolute atomic E-state index is 13.4. The molecule has 0 saturated heterocycles. The first-order valence-corrected chi connectivity index (χ1v) is 23.9. The van der Waals surface area contributed by atoms with Crippen LogP contribution in [-0.2, 0) is 32.6 Å². The van der Waals surface area contributed by atoms with Crippen molar-refractivity contribution < 1.29 is 57.0 Å². The molecule has 0 saturated carbocycles. The standard InChI is InChI=1S/C44H36Br2N8O14S2/c1-5-53-41(59)33(39(57)47-37(55)23-7-11-25(45)12-8-23)21(3)35(43(53)61)51-49-27-15-17-29(31(19-27)69-68-67-63)30-18-16-28(20-32(30)70(64,65)66)50-52-36-22(4)34(42(60)54(6-2)44(36)62)40(58)48-38(56)24-9-13-26(46)14-10-24/h7-20,61-63H,5-6H2,1-4H3,(H,47,55,57)(H,48,56,58)(H,64,65,66). The van der Waals surface area contributed by atoms with Crippen molar-refractivity contribution >= 4 is 100 Å². The van der Waals surface area contributed by atoms with Crippen molar-refractivity contribution in [1.29, 1.82) is 0 Å². The van der Waals surface area contributed by atoms with E-state index in [4.69, 9.17) is 5.26 Å². The van der Waals surface area contributed by atoms with Gasteiger partial charge in [0.05, 0.1) is 23.4 Å². The smallest absolute Gasteiger partial charge is 0.295 e. The minimum Gasteiger partial charge on any atom is -0.493 e. The number of pyridine rings is 2. The quantitative estimate of drug-likeness (QED) is 0.0140. The molecule has 362 valence electrons. The number of halogens is 2. The van der Waals surface area contributed by atoms with Gasteiger partial charge in [0.25, 0.3) is 44.9 Å². The minimum absolute atomic E-state index is 0.00888. The van der Waals surface area contributed by atoms with E-state index >= 15 is 0 Å². The lowest BCUT2D eigenvalue weighted by Gasteiger charge is -2.15. The van der Waals surface area contributed by atoms with Crippen LogP contribution in [0, 0.1) is 13.8 Å². The van der Waals surface area contributed by atoms with Gasteiger partial charge in [0, 0.05) is 54.7 Å². The van der Waals surface area contributed by atoms with Crippen molar-refractivity contribution in [2.24, 2.45) is 20.5 Å². The third kappa shape index (κ3) is 11.3. The molecule has 6 N–H and O–H groups in total. The van der Waals surface area contributed by atoms with E-state index in [0.717, 1.165) is 15.2 Å². The molecule has 0 bridgehead atoms. The van der Waals surface area contributed by atoms with Gasteiger partial charge in [-0.25, -0.2) is 5.26 Å². The van der Waals surface area contributed by atoms with Crippen molar-refractivity contribution in [3.63, 3.8) is 0 Å². The van der Waals surface area contributed by atoms with Crippen molar-refractivity contribution in [3.8, 4) is 22.9 Å². The topological polar surface area (TPSA) is 319 Å². The number of nitrogens with zero attached hydrogens (tertiary/aromatic N) is 6. The molecule has 0 radical (unpaired) electrons. The summed E-state index contributed by atoms with van der Waals surface area (Å²) >= 11 is 6.88. The van der Waals surface area contributed by atoms with E-state index < -0.39 is 72.6 Å². The van der Waals surface area contributed by atoms with Crippen LogP contribution in [0.3, 0.4) is 0 Å². The lowest BCUT2D eigenvalue weighted by atomic mass is 10.0. The SMILES string of the molecule is CCn1c(O)c(N=Nc2ccc(-c3ccc(N=Nc4c(C)c(C(=O)NC(=O)c5ccc(Br)cc5)c(=O)n(CC)c4O)cc3S(=O)(=O)O)c(SOOO)c2)c(C)c(C(=O)NC(=O)c2ccc(Br)cc2)c1=O. The number of aromatic nitrogens is 2. The summed E-state index contributed by atoms with van der Waals surface area (Å²) in [5.74, 6) is -5.15. The van der Waals surface area contributed by atoms with Crippen LogP contribution in [-0.4, -0.2) is 61.2 Å². The number of amides is 4. The molecule has 0 atom stereocenters. The third-order valence-corrected chi connectivity index (χ3v) is 12.8. The van der Waals surface area contributed by atoms with Crippen LogP contribution >= 0.6 is 43.9 Å². The average molecular weight is 1120 g/mol. The van der Waals surface area contributed by atoms with E-state index in [1.54, 1.807) is 24.3 Å². The second-order valence-corrected chi connectivity index (χ2v) is 18.4. The van der Waals surface area contributed by atoms with Crippen LogP contribution in [0.15, 0.2) is 134 Å². The number of nitrogens with one attached hydrogen (secondary N) is 2. The Bertz CT molecular complexity index is 3400. The molecular weight excluding hydrogens is 1090 g/mol. The molecule has 22 nitrogen and oxygen atoms in total. The van der Waals surface area contributed by atoms with Crippen molar-refractivity contribution in [3.05, 3.63) is 148 Å². The van der Waals surface area contributed by atoms with Crippen molar-refractivity contribution in [1.82, 2.24) is 19.8 Å². The lowest BCUT2D eigenvalue weighted by Crippen LogP contribution is -2.37. The number of azo groups is 2. The van der Waals surface area contributed by atoms with Crippen LogP contribution in [0.25, 0.3) is 11.1 Å². The first-order chi connectivity index (χ1) is 33.2. The second kappa shape index (κ2) is 22.1. The zero-order valence-electron chi connectivity index (χ0n) is 36.6. The fourth-order valence-corrected chi connectivity index (χ4v) is 8.59. The Morgan fingerprint density at radius 1 is 0.643 bits per heavy atom. The summed E-state index contributed by atoms with van der Waals surface area (Å²) < 4.78 is 43.9. The number of aromatic hydroxyl groups is 2. The van der Waals surface area contributed by atoms with Crippen LogP contribution in [0.1, 0.15) is 66.4 Å². The monoisotopic (exact) mass is 1120 g/mol. The summed E-state index contributed by atoms with van der Waals surface area (Å²) in [5.41, 5.74) is -4.05. The van der Waals surface area contributed by atoms with Crippen molar-refractivity contribution in [2.45, 2.75) is 50.6 Å². The molecule has 0 unspecified atom stereocenters. The molecule has 4 amide bonds. The molecule has 70 heavy (non-hydrogen) atoms. The summed E-state index contributed by atoms with van der Waals surface area (Å²) in [6.07, 6.45) is 0. The predicted octanol–water partition coefficient (Wildman–Crippen LogP) is 8.92. The fourth-order valence-electron chi connectivity index (χ4n) is 6.79. The second-order valence-electron chi connectivity index (χ2n) is 14.5. The Labute approximate surface area is 416 Å². The maximum Gasteiger partial charge on any atom is 0.295 e. The van der Waals surface area contributed by atoms with E-state index in [0.29, 0.717) is 21.0 Å². The van der Waals surface area contributed by atoms with E-state index in [1.807, 2.05) is 0 Å². The summed E-state index contributed by atoms with van der Waals surface area (Å²) in [4.78, 5) is 78.4. The zero-order chi connectivity index (χ0) is 51.2. The first-order valence-electron chi connectivity index (χ1n) is 20.1. The molecule has 4 aromatic carbocycles. The Balaban J connectivity index is 1.35. The van der Waals surface area contributed by atoms with Gasteiger partial charge < -0.3 is 10.2 Å². The van der Waals surface area contributed by atoms with Gasteiger partial charge in [-0.3, -0.25) is 53.1 Å².